The summed E-state index contributed by atoms with van der Waals surface area (Å²) in [6.07, 6.45) is -3.12. The molecule has 112 valence electrons. The second-order valence-electron chi connectivity index (χ2n) is 4.32. The molecule has 0 N–H and O–H groups in total. The Labute approximate surface area is 119 Å². The molecule has 5 nitrogen and oxygen atoms in total. The van der Waals surface area contributed by atoms with Gasteiger partial charge in [-0.15, -0.1) is 11.6 Å². The molecule has 0 saturated heterocycles. The van der Waals surface area contributed by atoms with E-state index in [0.717, 1.165) is 12.1 Å². The van der Waals surface area contributed by atoms with Crippen molar-refractivity contribution in [3.63, 3.8) is 0 Å². The van der Waals surface area contributed by atoms with Crippen molar-refractivity contribution in [3.8, 4) is 0 Å². The van der Waals surface area contributed by atoms with Crippen LogP contribution in [0.4, 0.5) is 14.5 Å². The zero-order chi connectivity index (χ0) is 15.5. The molecule has 0 radical (unpaired) electrons. The molecule has 0 aliphatic rings. The molecule has 1 atom stereocenters. The number of rotatable bonds is 6. The van der Waals surface area contributed by atoms with Crippen LogP contribution in [-0.4, -0.2) is 25.0 Å². The van der Waals surface area contributed by atoms with E-state index in [2.05, 4.69) is 0 Å². The topological polar surface area (TPSA) is 77.3 Å². The van der Waals surface area contributed by atoms with Gasteiger partial charge < -0.3 is 0 Å². The van der Waals surface area contributed by atoms with E-state index in [-0.39, 0.29) is 5.88 Å². The molecule has 0 amide bonds. The van der Waals surface area contributed by atoms with Crippen molar-refractivity contribution < 1.29 is 22.1 Å². The first-order chi connectivity index (χ1) is 9.19. The predicted molar refractivity (Wildman–Crippen MR) is 70.0 cm³/mol. The first-order valence-electron chi connectivity index (χ1n) is 5.54. The maximum Gasteiger partial charge on any atom is 0.269 e. The molecule has 0 aliphatic heterocycles. The molecular formula is C11H12ClF2NO4S. The largest absolute Gasteiger partial charge is 0.269 e. The average Bonchev–Trinajstić information content (AvgIpc) is 2.37. The number of non-ortho nitro benzene ring substituents is 1. The summed E-state index contributed by atoms with van der Waals surface area (Å²) in [6, 6.07) is 2.32. The SMILES string of the molecule is CC(CCl)CS(=O)(=O)c1ccc([N+](=O)[O-])cc1C(F)F. The molecular weight excluding hydrogens is 316 g/mol. The third kappa shape index (κ3) is 3.86. The molecule has 0 aliphatic carbocycles. The van der Waals surface area contributed by atoms with E-state index in [4.69, 9.17) is 11.6 Å². The standard InChI is InChI=1S/C11H12ClF2NO4S/c1-7(5-12)6-20(18,19)10-3-2-8(15(16)17)4-9(10)11(13)14/h2-4,7,11H,5-6H2,1H3. The summed E-state index contributed by atoms with van der Waals surface area (Å²) in [5.41, 5.74) is -1.44. The second kappa shape index (κ2) is 6.45. The van der Waals surface area contributed by atoms with Crippen LogP contribution in [0.2, 0.25) is 0 Å². The van der Waals surface area contributed by atoms with Crippen LogP contribution < -0.4 is 0 Å². The van der Waals surface area contributed by atoms with Gasteiger partial charge in [-0.1, -0.05) is 6.92 Å². The molecule has 1 rings (SSSR count). The fraction of sp³-hybridized carbons (Fsp3) is 0.455. The smallest absolute Gasteiger partial charge is 0.258 e. The van der Waals surface area contributed by atoms with Gasteiger partial charge >= 0.3 is 0 Å². The Balaban J connectivity index is 3.34. The summed E-state index contributed by atoms with van der Waals surface area (Å²) in [7, 11) is -3.98. The lowest BCUT2D eigenvalue weighted by Gasteiger charge is -2.12. The summed E-state index contributed by atoms with van der Waals surface area (Å²) in [5.74, 6) is -0.744. The van der Waals surface area contributed by atoms with Crippen LogP contribution in [0.3, 0.4) is 0 Å². The fourth-order valence-corrected chi connectivity index (χ4v) is 3.68. The molecule has 0 spiro atoms. The number of alkyl halides is 3. The quantitative estimate of drug-likeness (QED) is 0.457. The molecule has 0 fully saturated rings. The maximum atomic E-state index is 12.9. The van der Waals surface area contributed by atoms with Gasteiger partial charge in [0.25, 0.3) is 12.1 Å². The highest BCUT2D eigenvalue weighted by molar-refractivity contribution is 7.91. The Hall–Kier alpha value is -1.28. The van der Waals surface area contributed by atoms with Gasteiger partial charge in [0.1, 0.15) is 0 Å². The number of nitro groups is 1. The third-order valence-corrected chi connectivity index (χ3v) is 5.12. The summed E-state index contributed by atoms with van der Waals surface area (Å²) < 4.78 is 49.9. The molecule has 0 heterocycles. The van der Waals surface area contributed by atoms with E-state index in [9.17, 15) is 27.3 Å². The van der Waals surface area contributed by atoms with Gasteiger partial charge in [0, 0.05) is 23.6 Å². The van der Waals surface area contributed by atoms with Crippen LogP contribution in [0, 0.1) is 16.0 Å². The van der Waals surface area contributed by atoms with Crippen LogP contribution in [-0.2, 0) is 9.84 Å². The zero-order valence-electron chi connectivity index (χ0n) is 10.4. The van der Waals surface area contributed by atoms with Crippen LogP contribution >= 0.6 is 11.6 Å². The molecule has 0 saturated carbocycles. The van der Waals surface area contributed by atoms with E-state index in [1.807, 2.05) is 0 Å². The van der Waals surface area contributed by atoms with Crippen LogP contribution in [0.25, 0.3) is 0 Å². The van der Waals surface area contributed by atoms with Gasteiger partial charge in [-0.2, -0.15) is 0 Å². The van der Waals surface area contributed by atoms with Crippen LogP contribution in [0.15, 0.2) is 23.1 Å². The van der Waals surface area contributed by atoms with E-state index in [0.29, 0.717) is 6.07 Å². The number of nitrogens with zero attached hydrogens (tertiary/aromatic N) is 1. The average molecular weight is 328 g/mol. The lowest BCUT2D eigenvalue weighted by Crippen LogP contribution is -2.17. The van der Waals surface area contributed by atoms with Crippen molar-refractivity contribution in [2.75, 3.05) is 11.6 Å². The van der Waals surface area contributed by atoms with E-state index < -0.39 is 49.0 Å². The molecule has 9 heteroatoms. The van der Waals surface area contributed by atoms with Gasteiger partial charge in [0.15, 0.2) is 9.84 Å². The normalized spacial score (nSPS) is 13.4. The molecule has 0 bridgehead atoms. The minimum atomic E-state index is -3.98. The highest BCUT2D eigenvalue weighted by atomic mass is 35.5. The van der Waals surface area contributed by atoms with E-state index in [1.165, 1.54) is 0 Å². The van der Waals surface area contributed by atoms with Crippen molar-refractivity contribution >= 4 is 27.1 Å². The first kappa shape index (κ1) is 16.8. The Kier molecular flexibility index (Phi) is 5.41. The molecule has 1 unspecified atom stereocenters. The molecule has 0 aromatic heterocycles. The van der Waals surface area contributed by atoms with E-state index >= 15 is 0 Å². The van der Waals surface area contributed by atoms with Crippen molar-refractivity contribution in [2.45, 2.75) is 18.2 Å². The van der Waals surface area contributed by atoms with Crippen molar-refractivity contribution in [3.05, 3.63) is 33.9 Å². The number of hydrogen-bond acceptors (Lipinski definition) is 4. The molecule has 1 aromatic rings. The predicted octanol–water partition coefficient (Wildman–Crippen LogP) is 3.18. The molecule has 20 heavy (non-hydrogen) atoms. The summed E-state index contributed by atoms with van der Waals surface area (Å²) in [6.45, 7) is 1.57. The number of benzene rings is 1. The number of hydrogen-bond donors (Lipinski definition) is 0. The third-order valence-electron chi connectivity index (χ3n) is 2.54. The highest BCUT2D eigenvalue weighted by Gasteiger charge is 2.27. The minimum absolute atomic E-state index is 0.0657. The van der Waals surface area contributed by atoms with E-state index in [1.54, 1.807) is 6.92 Å². The van der Waals surface area contributed by atoms with Gasteiger partial charge in [-0.05, 0) is 12.0 Å². The van der Waals surface area contributed by atoms with Gasteiger partial charge in [0.05, 0.1) is 15.6 Å². The minimum Gasteiger partial charge on any atom is -0.258 e. The van der Waals surface area contributed by atoms with Gasteiger partial charge in [-0.25, -0.2) is 17.2 Å². The van der Waals surface area contributed by atoms with Gasteiger partial charge in [-0.3, -0.25) is 10.1 Å². The summed E-state index contributed by atoms with van der Waals surface area (Å²) in [5, 5.41) is 10.6. The van der Waals surface area contributed by atoms with Crippen molar-refractivity contribution in [2.24, 2.45) is 5.92 Å². The zero-order valence-corrected chi connectivity index (χ0v) is 12.0. The number of halogens is 3. The number of sulfone groups is 1. The van der Waals surface area contributed by atoms with Crippen molar-refractivity contribution in [1.82, 2.24) is 0 Å². The highest BCUT2D eigenvalue weighted by Crippen LogP contribution is 2.31. The van der Waals surface area contributed by atoms with Crippen LogP contribution in [0.1, 0.15) is 18.9 Å². The Bertz CT molecular complexity index is 606. The summed E-state index contributed by atoms with van der Waals surface area (Å²) in [4.78, 5) is 9.11. The first-order valence-corrected chi connectivity index (χ1v) is 7.73. The van der Waals surface area contributed by atoms with Crippen molar-refractivity contribution in [1.29, 1.82) is 0 Å². The second-order valence-corrected chi connectivity index (χ2v) is 6.63. The lowest BCUT2D eigenvalue weighted by molar-refractivity contribution is -0.385. The molecule has 1 aromatic carbocycles. The Morgan fingerprint density at radius 1 is 1.40 bits per heavy atom. The van der Waals surface area contributed by atoms with Gasteiger partial charge in [0.2, 0.25) is 0 Å². The Morgan fingerprint density at radius 2 is 2.00 bits per heavy atom. The maximum absolute atomic E-state index is 12.9. The number of nitro benzene ring substituents is 1. The fourth-order valence-electron chi connectivity index (χ4n) is 1.61. The Morgan fingerprint density at radius 3 is 2.45 bits per heavy atom. The monoisotopic (exact) mass is 327 g/mol. The van der Waals surface area contributed by atoms with Crippen LogP contribution in [0.5, 0.6) is 0 Å². The lowest BCUT2D eigenvalue weighted by atomic mass is 10.2. The summed E-state index contributed by atoms with van der Waals surface area (Å²) >= 11 is 5.51.